The van der Waals surface area contributed by atoms with Gasteiger partial charge in [-0.1, -0.05) is 0 Å². The quantitative estimate of drug-likeness (QED) is 0.574. The average Bonchev–Trinajstić information content (AvgIpc) is 1.78. The third kappa shape index (κ3) is 1.21. The van der Waals surface area contributed by atoms with Gasteiger partial charge in [0.05, 0.1) is 6.61 Å². The zero-order chi connectivity index (χ0) is 7.61. The fraction of sp³-hybridized carbons (Fsp3) is 0.833. The first-order valence-corrected chi connectivity index (χ1v) is 3.28. The van der Waals surface area contributed by atoms with Crippen molar-refractivity contribution in [3.63, 3.8) is 0 Å². The Hall–Kier alpha value is -0.770. The van der Waals surface area contributed by atoms with Gasteiger partial charge in [0.25, 0.3) is 0 Å². The number of aliphatic hydroxyl groups excluding tert-OH is 1. The molecule has 0 spiro atoms. The highest BCUT2D eigenvalue weighted by Gasteiger charge is 2.39. The maximum Gasteiger partial charge on any atom is 0.405 e. The first kappa shape index (κ1) is 7.34. The second kappa shape index (κ2) is 2.46. The summed E-state index contributed by atoms with van der Waals surface area (Å²) in [5.41, 5.74) is 4.16. The van der Waals surface area contributed by atoms with Crippen LogP contribution in [-0.2, 0) is 4.74 Å². The molecule has 3 N–H and O–H groups in total. The molecule has 1 saturated carbocycles. The lowest BCUT2D eigenvalue weighted by Gasteiger charge is -2.38. The molecule has 0 aromatic rings. The zero-order valence-electron chi connectivity index (χ0n) is 5.67. The molecule has 10 heavy (non-hydrogen) atoms. The molecule has 1 amide bonds. The second-order valence-electron chi connectivity index (χ2n) is 2.62. The summed E-state index contributed by atoms with van der Waals surface area (Å²) in [7, 11) is 0. The van der Waals surface area contributed by atoms with Crippen molar-refractivity contribution in [3.8, 4) is 0 Å². The van der Waals surface area contributed by atoms with Crippen molar-refractivity contribution in [1.82, 2.24) is 0 Å². The molecule has 0 bridgehead atoms. The molecule has 0 aromatic heterocycles. The fourth-order valence-electron chi connectivity index (χ4n) is 1.08. The topological polar surface area (TPSA) is 72.6 Å². The first-order valence-electron chi connectivity index (χ1n) is 3.28. The van der Waals surface area contributed by atoms with Crippen LogP contribution in [0.15, 0.2) is 0 Å². The molecule has 1 rings (SSSR count). The van der Waals surface area contributed by atoms with Crippen molar-refractivity contribution >= 4 is 6.09 Å². The first-order chi connectivity index (χ1) is 4.68. The third-order valence-corrected chi connectivity index (χ3v) is 1.87. The molecule has 0 saturated heterocycles. The van der Waals surface area contributed by atoms with Gasteiger partial charge in [-0.25, -0.2) is 4.79 Å². The van der Waals surface area contributed by atoms with Crippen molar-refractivity contribution in [2.24, 2.45) is 5.73 Å². The number of hydrogen-bond donors (Lipinski definition) is 2. The van der Waals surface area contributed by atoms with Gasteiger partial charge >= 0.3 is 6.09 Å². The molecule has 4 heteroatoms. The van der Waals surface area contributed by atoms with E-state index >= 15 is 0 Å². The van der Waals surface area contributed by atoms with Gasteiger partial charge in [-0.05, 0) is 19.3 Å². The van der Waals surface area contributed by atoms with Crippen LogP contribution in [0.3, 0.4) is 0 Å². The van der Waals surface area contributed by atoms with Gasteiger partial charge in [-0.3, -0.25) is 0 Å². The van der Waals surface area contributed by atoms with E-state index in [-0.39, 0.29) is 6.61 Å². The summed E-state index contributed by atoms with van der Waals surface area (Å²) < 4.78 is 4.71. The van der Waals surface area contributed by atoms with E-state index in [1.165, 1.54) is 0 Å². The Morgan fingerprint density at radius 1 is 1.70 bits per heavy atom. The van der Waals surface area contributed by atoms with Gasteiger partial charge < -0.3 is 15.6 Å². The molecule has 1 fully saturated rings. The highest BCUT2D eigenvalue weighted by molar-refractivity contribution is 5.65. The van der Waals surface area contributed by atoms with Crippen LogP contribution in [0.4, 0.5) is 4.79 Å². The van der Waals surface area contributed by atoms with Crippen LogP contribution in [0.2, 0.25) is 0 Å². The second-order valence-corrected chi connectivity index (χ2v) is 2.62. The number of aliphatic hydroxyl groups is 1. The Kier molecular flexibility index (Phi) is 1.80. The van der Waals surface area contributed by atoms with E-state index in [0.717, 1.165) is 19.3 Å². The normalized spacial score (nSPS) is 21.3. The van der Waals surface area contributed by atoms with Crippen molar-refractivity contribution in [2.45, 2.75) is 24.9 Å². The lowest BCUT2D eigenvalue weighted by atomic mass is 9.81. The van der Waals surface area contributed by atoms with Gasteiger partial charge in [0, 0.05) is 0 Å². The minimum absolute atomic E-state index is 0.115. The predicted octanol–water partition coefficient (Wildman–Crippen LogP) is -0.00330. The van der Waals surface area contributed by atoms with Gasteiger partial charge in [0.1, 0.15) is 5.60 Å². The monoisotopic (exact) mass is 145 g/mol. The number of nitrogens with two attached hydrogens (primary N) is 1. The summed E-state index contributed by atoms with van der Waals surface area (Å²) in [6.07, 6.45) is 1.65. The molecule has 1 aliphatic rings. The van der Waals surface area contributed by atoms with E-state index in [0.29, 0.717) is 0 Å². The van der Waals surface area contributed by atoms with Crippen molar-refractivity contribution in [2.75, 3.05) is 6.61 Å². The van der Waals surface area contributed by atoms with E-state index in [1.807, 2.05) is 0 Å². The largest absolute Gasteiger partial charge is 0.441 e. The van der Waals surface area contributed by atoms with Crippen LogP contribution in [0, 0.1) is 0 Å². The summed E-state index contributed by atoms with van der Waals surface area (Å²) in [5, 5.41) is 8.75. The van der Waals surface area contributed by atoms with Crippen LogP contribution in [0.1, 0.15) is 19.3 Å². The minimum Gasteiger partial charge on any atom is -0.441 e. The number of amides is 1. The molecule has 0 heterocycles. The van der Waals surface area contributed by atoms with Gasteiger partial charge in [0.15, 0.2) is 0 Å². The number of carbonyl (C=O) groups is 1. The van der Waals surface area contributed by atoms with Gasteiger partial charge in [-0.2, -0.15) is 0 Å². The summed E-state index contributed by atoms with van der Waals surface area (Å²) >= 11 is 0. The number of hydrogen-bond acceptors (Lipinski definition) is 3. The molecule has 0 atom stereocenters. The summed E-state index contributed by atoms with van der Waals surface area (Å²) in [5.74, 6) is 0. The number of primary amides is 1. The highest BCUT2D eigenvalue weighted by atomic mass is 16.6. The fourth-order valence-corrected chi connectivity index (χ4v) is 1.08. The summed E-state index contributed by atoms with van der Waals surface area (Å²) in [4.78, 5) is 10.3. The molecular formula is C6H11NO3. The predicted molar refractivity (Wildman–Crippen MR) is 34.3 cm³/mol. The van der Waals surface area contributed by atoms with Crippen molar-refractivity contribution < 1.29 is 14.6 Å². The maximum atomic E-state index is 10.3. The molecule has 4 nitrogen and oxygen atoms in total. The number of ether oxygens (including phenoxy) is 1. The molecule has 1 aliphatic carbocycles. The van der Waals surface area contributed by atoms with E-state index in [2.05, 4.69) is 0 Å². The molecule has 58 valence electrons. The van der Waals surface area contributed by atoms with Crippen LogP contribution < -0.4 is 5.73 Å². The Labute approximate surface area is 59.0 Å². The number of carbonyl (C=O) groups excluding carboxylic acids is 1. The van der Waals surface area contributed by atoms with E-state index in [9.17, 15) is 4.79 Å². The molecule has 0 aromatic carbocycles. The average molecular weight is 145 g/mol. The SMILES string of the molecule is NC(=O)OC1(CO)CCC1. The maximum absolute atomic E-state index is 10.3. The van der Waals surface area contributed by atoms with E-state index < -0.39 is 11.7 Å². The van der Waals surface area contributed by atoms with Crippen molar-refractivity contribution in [3.05, 3.63) is 0 Å². The Morgan fingerprint density at radius 2 is 2.30 bits per heavy atom. The van der Waals surface area contributed by atoms with E-state index in [4.69, 9.17) is 15.6 Å². The summed E-state index contributed by atoms with van der Waals surface area (Å²) in [6, 6.07) is 0. The highest BCUT2D eigenvalue weighted by Crippen LogP contribution is 2.34. The zero-order valence-corrected chi connectivity index (χ0v) is 5.67. The van der Waals surface area contributed by atoms with Crippen LogP contribution in [0.25, 0.3) is 0 Å². The van der Waals surface area contributed by atoms with Crippen LogP contribution in [-0.4, -0.2) is 23.4 Å². The molecule has 0 unspecified atom stereocenters. The number of rotatable bonds is 2. The lowest BCUT2D eigenvalue weighted by Crippen LogP contribution is -2.46. The lowest BCUT2D eigenvalue weighted by molar-refractivity contribution is -0.0791. The van der Waals surface area contributed by atoms with Gasteiger partial charge in [-0.15, -0.1) is 0 Å². The Bertz CT molecular complexity index is 136. The summed E-state index contributed by atoms with van der Waals surface area (Å²) in [6.45, 7) is -0.115. The Morgan fingerprint density at radius 3 is 2.40 bits per heavy atom. The third-order valence-electron chi connectivity index (χ3n) is 1.87. The van der Waals surface area contributed by atoms with E-state index in [1.54, 1.807) is 0 Å². The van der Waals surface area contributed by atoms with Crippen molar-refractivity contribution in [1.29, 1.82) is 0 Å². The standard InChI is InChI=1S/C6H11NO3/c7-5(9)10-6(4-8)2-1-3-6/h8H,1-4H2,(H2,7,9). The van der Waals surface area contributed by atoms with Gasteiger partial charge in [0.2, 0.25) is 0 Å². The van der Waals surface area contributed by atoms with Crippen LogP contribution >= 0.6 is 0 Å². The molecular weight excluding hydrogens is 134 g/mol. The van der Waals surface area contributed by atoms with Crippen LogP contribution in [0.5, 0.6) is 0 Å². The smallest absolute Gasteiger partial charge is 0.405 e. The molecule has 0 aliphatic heterocycles. The Balaban J connectivity index is 2.40. The minimum atomic E-state index is -0.797. The molecule has 0 radical (unpaired) electrons.